The zero-order chi connectivity index (χ0) is 26.0. The van der Waals surface area contributed by atoms with Crippen LogP contribution in [0.4, 0.5) is 8.78 Å². The quantitative estimate of drug-likeness (QED) is 0.139. The number of halogens is 3. The van der Waals surface area contributed by atoms with Gasteiger partial charge in [-0.15, -0.1) is 0 Å². The van der Waals surface area contributed by atoms with Gasteiger partial charge in [0.1, 0.15) is 0 Å². The molecule has 6 nitrogen and oxygen atoms in total. The Morgan fingerprint density at radius 1 is 1.00 bits per heavy atom. The lowest BCUT2D eigenvalue weighted by atomic mass is 9.98. The highest BCUT2D eigenvalue weighted by Gasteiger charge is 2.54. The minimum absolute atomic E-state index is 0.122. The number of carbonyl (C=O) groups is 2. The minimum Gasteiger partial charge on any atom is -0.438 e. The van der Waals surface area contributed by atoms with E-state index in [-0.39, 0.29) is 22.1 Å². The molecule has 0 aliphatic heterocycles. The van der Waals surface area contributed by atoms with E-state index in [0.717, 1.165) is 11.6 Å². The summed E-state index contributed by atoms with van der Waals surface area (Å²) in [6.07, 6.45) is 0.138. The lowest BCUT2D eigenvalue weighted by Crippen LogP contribution is -2.25. The fourth-order valence-corrected chi connectivity index (χ4v) is 4.77. The Morgan fingerprint density at radius 2 is 1.66 bits per heavy atom. The van der Waals surface area contributed by atoms with E-state index in [0.29, 0.717) is 10.9 Å². The number of carbonyl (C=O) groups excluding carboxylic acids is 2. The summed E-state index contributed by atoms with van der Waals surface area (Å²) in [5.41, 5.74) is -4.95. The van der Waals surface area contributed by atoms with Gasteiger partial charge < -0.3 is 9.63 Å². The van der Waals surface area contributed by atoms with Gasteiger partial charge >= 0.3 is 19.2 Å². The highest BCUT2D eigenvalue weighted by atomic mass is 79.9. The second kappa shape index (κ2) is 10.3. The normalized spacial score (nSPS) is 13.9. The Kier molecular flexibility index (Phi) is 7.96. The van der Waals surface area contributed by atoms with Gasteiger partial charge in [0.2, 0.25) is 6.79 Å². The first-order chi connectivity index (χ1) is 16.2. The van der Waals surface area contributed by atoms with E-state index in [1.807, 2.05) is 30.3 Å². The molecule has 0 heterocycles. The molecule has 3 aromatic rings. The largest absolute Gasteiger partial charge is 0.438 e. The average Bonchev–Trinajstić information content (AvgIpc) is 2.78. The smallest absolute Gasteiger partial charge is 0.404 e. The zero-order valence-electron chi connectivity index (χ0n) is 19.3. The maximum absolute atomic E-state index is 15.2. The molecular weight excluding hydrogens is 545 g/mol. The van der Waals surface area contributed by atoms with Crippen molar-refractivity contribution in [3.63, 3.8) is 0 Å². The van der Waals surface area contributed by atoms with Crippen LogP contribution in [0.15, 0.2) is 65.1 Å². The van der Waals surface area contributed by atoms with E-state index in [2.05, 4.69) is 25.2 Å². The number of Topliss-reactive ketones (excluding diaryl/α,β-unsaturated/α-hetero) is 1. The second-order valence-electron chi connectivity index (χ2n) is 8.97. The molecule has 0 fully saturated rings. The predicted octanol–water partition coefficient (Wildman–Crippen LogP) is 6.83. The Balaban J connectivity index is 1.87. The van der Waals surface area contributed by atoms with Crippen molar-refractivity contribution in [2.24, 2.45) is 5.41 Å². The number of hydrogen-bond acceptors (Lipinski definition) is 5. The van der Waals surface area contributed by atoms with E-state index in [1.54, 1.807) is 12.1 Å². The van der Waals surface area contributed by atoms with Crippen molar-refractivity contribution in [3.05, 3.63) is 81.8 Å². The van der Waals surface area contributed by atoms with Gasteiger partial charge in [-0.2, -0.15) is 8.78 Å². The number of alkyl halides is 2. The van der Waals surface area contributed by atoms with Crippen LogP contribution in [-0.4, -0.2) is 23.4 Å². The van der Waals surface area contributed by atoms with Crippen molar-refractivity contribution in [1.29, 1.82) is 0 Å². The van der Waals surface area contributed by atoms with Crippen LogP contribution >= 0.6 is 23.5 Å². The summed E-state index contributed by atoms with van der Waals surface area (Å²) in [5, 5.41) is 0.821. The van der Waals surface area contributed by atoms with Crippen LogP contribution in [0, 0.1) is 5.41 Å². The number of fused-ring (bicyclic) bond motifs is 1. The summed E-state index contributed by atoms with van der Waals surface area (Å²) in [6.45, 7) is 3.50. The molecule has 3 rings (SSSR count). The number of hydrogen-bond donors (Lipinski definition) is 1. The zero-order valence-corrected chi connectivity index (χ0v) is 21.7. The second-order valence-corrected chi connectivity index (χ2v) is 11.7. The van der Waals surface area contributed by atoms with E-state index in [9.17, 15) is 19.0 Å². The fraction of sp³-hybridized carbons (Fsp3) is 0.280. The number of esters is 1. The average molecular weight is 569 g/mol. The van der Waals surface area contributed by atoms with E-state index in [4.69, 9.17) is 0 Å². The number of ketones is 1. The van der Waals surface area contributed by atoms with Crippen molar-refractivity contribution >= 4 is 46.1 Å². The molecular formula is C25H24BrF2O6P. The lowest BCUT2D eigenvalue weighted by molar-refractivity contribution is -0.160. The molecule has 186 valence electrons. The molecule has 0 amide bonds. The first-order valence-electron chi connectivity index (χ1n) is 10.6. The highest BCUT2D eigenvalue weighted by Crippen LogP contribution is 2.64. The molecule has 10 heteroatoms. The Morgan fingerprint density at radius 3 is 2.29 bits per heavy atom. The van der Waals surface area contributed by atoms with Crippen molar-refractivity contribution in [3.8, 4) is 0 Å². The van der Waals surface area contributed by atoms with E-state index >= 15 is 8.78 Å². The lowest BCUT2D eigenvalue weighted by Gasteiger charge is -2.24. The minimum atomic E-state index is -5.62. The van der Waals surface area contributed by atoms with Crippen LogP contribution in [0.3, 0.4) is 0 Å². The van der Waals surface area contributed by atoms with Crippen molar-refractivity contribution in [2.45, 2.75) is 32.9 Å². The van der Waals surface area contributed by atoms with Crippen LogP contribution < -0.4 is 0 Å². The molecule has 0 saturated carbocycles. The monoisotopic (exact) mass is 568 g/mol. The van der Waals surface area contributed by atoms with Crippen LogP contribution in [-0.2, 0) is 30.7 Å². The van der Waals surface area contributed by atoms with Gasteiger partial charge in [-0.05, 0) is 55.3 Å². The molecule has 1 N–H and O–H groups in total. The summed E-state index contributed by atoms with van der Waals surface area (Å²) in [5.74, 6) is -0.980. The SMILES string of the molecule is CC(C)(C)C(=O)OCOP(=O)(O)C(F)(F)c1cc2cc(C(=O)Cc3ccccc3)ccc2cc1Br. The van der Waals surface area contributed by atoms with Crippen LogP contribution in [0.5, 0.6) is 0 Å². The van der Waals surface area contributed by atoms with Gasteiger partial charge in [0.25, 0.3) is 0 Å². The summed E-state index contributed by atoms with van der Waals surface area (Å²) in [4.78, 5) is 34.5. The van der Waals surface area contributed by atoms with E-state index < -0.39 is 37.0 Å². The van der Waals surface area contributed by atoms with Gasteiger partial charge in [-0.25, -0.2) is 0 Å². The Hall–Kier alpha value is -2.45. The molecule has 0 saturated heterocycles. The first kappa shape index (κ1) is 27.1. The maximum Gasteiger partial charge on any atom is 0.404 e. The molecule has 0 aliphatic carbocycles. The van der Waals surface area contributed by atoms with Crippen molar-refractivity contribution < 1.29 is 37.1 Å². The third-order valence-corrected chi connectivity index (χ3v) is 7.23. The third kappa shape index (κ3) is 6.22. The number of rotatable bonds is 8. The van der Waals surface area contributed by atoms with Crippen LogP contribution in [0.2, 0.25) is 0 Å². The topological polar surface area (TPSA) is 89.9 Å². The molecule has 0 aromatic heterocycles. The number of benzene rings is 3. The van der Waals surface area contributed by atoms with Crippen molar-refractivity contribution in [1.82, 2.24) is 0 Å². The standard InChI is InChI=1S/C25H24BrF2O6P/c1-24(2,3)23(30)33-15-34-35(31,32)25(27,28)20-13-19-12-18(10-9-17(19)14-21(20)26)22(29)11-16-7-5-4-6-8-16/h4-10,12-14H,11,15H2,1-3H3,(H,31,32). The predicted molar refractivity (Wildman–Crippen MR) is 131 cm³/mol. The van der Waals surface area contributed by atoms with Gasteiger partial charge in [0, 0.05) is 22.0 Å². The molecule has 0 radical (unpaired) electrons. The van der Waals surface area contributed by atoms with Crippen LogP contribution in [0.1, 0.15) is 42.3 Å². The molecule has 1 unspecified atom stereocenters. The molecule has 35 heavy (non-hydrogen) atoms. The Bertz CT molecular complexity index is 1300. The molecule has 3 aromatic carbocycles. The van der Waals surface area contributed by atoms with Gasteiger partial charge in [0.15, 0.2) is 5.78 Å². The first-order valence-corrected chi connectivity index (χ1v) is 12.9. The van der Waals surface area contributed by atoms with Crippen molar-refractivity contribution in [2.75, 3.05) is 6.79 Å². The molecule has 0 spiro atoms. The summed E-state index contributed by atoms with van der Waals surface area (Å²) < 4.78 is 51.8. The highest BCUT2D eigenvalue weighted by molar-refractivity contribution is 9.10. The van der Waals surface area contributed by atoms with Gasteiger partial charge in [0.05, 0.1) is 5.41 Å². The summed E-state index contributed by atoms with van der Waals surface area (Å²) >= 11 is 3.03. The summed E-state index contributed by atoms with van der Waals surface area (Å²) in [7, 11) is -5.62. The van der Waals surface area contributed by atoms with Gasteiger partial charge in [-0.3, -0.25) is 18.7 Å². The number of ether oxygens (including phenoxy) is 1. The Labute approximate surface area is 209 Å². The van der Waals surface area contributed by atoms with E-state index in [1.165, 1.54) is 32.9 Å². The fourth-order valence-electron chi connectivity index (χ4n) is 3.16. The molecule has 1 atom stereocenters. The van der Waals surface area contributed by atoms with Crippen LogP contribution in [0.25, 0.3) is 10.8 Å². The third-order valence-electron chi connectivity index (χ3n) is 5.16. The molecule has 0 bridgehead atoms. The molecule has 0 aliphatic rings. The van der Waals surface area contributed by atoms with Gasteiger partial charge in [-0.1, -0.05) is 58.4 Å². The maximum atomic E-state index is 15.2. The summed E-state index contributed by atoms with van der Waals surface area (Å²) in [6, 6.07) is 16.2.